The maximum atomic E-state index is 5.42. The molecule has 3 nitrogen and oxygen atoms in total. The first kappa shape index (κ1) is 16.3. The van der Waals surface area contributed by atoms with Crippen molar-refractivity contribution in [2.75, 3.05) is 12.4 Å². The maximum Gasteiger partial charge on any atom is 0.171 e. The van der Waals surface area contributed by atoms with Gasteiger partial charge in [-0.1, -0.05) is 24.3 Å². The second-order valence-corrected chi connectivity index (χ2v) is 5.75. The fourth-order valence-corrected chi connectivity index (χ4v) is 2.50. The van der Waals surface area contributed by atoms with E-state index in [1.165, 1.54) is 11.1 Å². The average molecular weight is 314 g/mol. The van der Waals surface area contributed by atoms with Crippen LogP contribution in [0.15, 0.2) is 42.5 Å². The summed E-state index contributed by atoms with van der Waals surface area (Å²) >= 11 is 5.42. The Hall–Kier alpha value is -2.07. The molecule has 0 amide bonds. The van der Waals surface area contributed by atoms with Crippen molar-refractivity contribution in [2.24, 2.45) is 0 Å². The number of rotatable bonds is 4. The second kappa shape index (κ2) is 7.27. The van der Waals surface area contributed by atoms with E-state index in [1.807, 2.05) is 36.4 Å². The quantitative estimate of drug-likeness (QED) is 0.822. The molecule has 0 saturated carbocycles. The van der Waals surface area contributed by atoms with Gasteiger partial charge in [0, 0.05) is 5.69 Å². The summed E-state index contributed by atoms with van der Waals surface area (Å²) in [6, 6.07) is 14.3. The Morgan fingerprint density at radius 1 is 1.09 bits per heavy atom. The molecule has 0 radical (unpaired) electrons. The molecule has 1 atom stereocenters. The third-order valence-corrected chi connectivity index (χ3v) is 4.04. The molecule has 0 heterocycles. The molecule has 2 N–H and O–H groups in total. The highest BCUT2D eigenvalue weighted by atomic mass is 32.1. The van der Waals surface area contributed by atoms with Crippen molar-refractivity contribution in [3.63, 3.8) is 0 Å². The fraction of sp³-hybridized carbons (Fsp3) is 0.278. The Bertz CT molecular complexity index is 653. The number of aryl methyl sites for hydroxylation is 1. The highest BCUT2D eigenvalue weighted by Crippen LogP contribution is 2.19. The topological polar surface area (TPSA) is 33.3 Å². The third-order valence-electron chi connectivity index (χ3n) is 3.82. The van der Waals surface area contributed by atoms with Gasteiger partial charge in [-0.05, 0) is 67.9 Å². The minimum atomic E-state index is 0.121. The smallest absolute Gasteiger partial charge is 0.171 e. The molecule has 0 spiro atoms. The predicted octanol–water partition coefficient (Wildman–Crippen LogP) is 4.36. The first-order chi connectivity index (χ1) is 10.5. The van der Waals surface area contributed by atoms with Crippen LogP contribution >= 0.6 is 12.2 Å². The largest absolute Gasteiger partial charge is 0.497 e. The van der Waals surface area contributed by atoms with Gasteiger partial charge in [0.15, 0.2) is 5.11 Å². The first-order valence-corrected chi connectivity index (χ1v) is 7.69. The van der Waals surface area contributed by atoms with Crippen LogP contribution < -0.4 is 15.4 Å². The molecule has 0 aliphatic rings. The molecule has 0 aliphatic carbocycles. The highest BCUT2D eigenvalue weighted by Gasteiger charge is 2.08. The van der Waals surface area contributed by atoms with Crippen LogP contribution in [0.25, 0.3) is 0 Å². The molecule has 0 aliphatic heterocycles. The first-order valence-electron chi connectivity index (χ1n) is 7.29. The lowest BCUT2D eigenvalue weighted by molar-refractivity contribution is 0.414. The van der Waals surface area contributed by atoms with Gasteiger partial charge in [0.25, 0.3) is 0 Å². The van der Waals surface area contributed by atoms with Gasteiger partial charge in [0.2, 0.25) is 0 Å². The van der Waals surface area contributed by atoms with Crippen LogP contribution in [0.4, 0.5) is 5.69 Å². The van der Waals surface area contributed by atoms with E-state index in [9.17, 15) is 0 Å². The molecular weight excluding hydrogens is 292 g/mol. The van der Waals surface area contributed by atoms with Gasteiger partial charge < -0.3 is 15.4 Å². The zero-order chi connectivity index (χ0) is 16.1. The van der Waals surface area contributed by atoms with E-state index in [2.05, 4.69) is 37.5 Å². The standard InChI is InChI=1S/C18H22N2OS/c1-12-6-5-7-17(13(12)2)20-18(22)19-14(3)15-8-10-16(21-4)11-9-15/h5-11,14H,1-4H3,(H2,19,20,22). The second-order valence-electron chi connectivity index (χ2n) is 5.34. The van der Waals surface area contributed by atoms with E-state index in [4.69, 9.17) is 17.0 Å². The predicted molar refractivity (Wildman–Crippen MR) is 96.7 cm³/mol. The van der Waals surface area contributed by atoms with E-state index in [0.29, 0.717) is 5.11 Å². The van der Waals surface area contributed by atoms with Gasteiger partial charge in [0.05, 0.1) is 13.2 Å². The minimum absolute atomic E-state index is 0.121. The molecule has 22 heavy (non-hydrogen) atoms. The van der Waals surface area contributed by atoms with Crippen molar-refractivity contribution in [3.8, 4) is 5.75 Å². The zero-order valence-electron chi connectivity index (χ0n) is 13.4. The Kier molecular flexibility index (Phi) is 5.39. The number of hydrogen-bond donors (Lipinski definition) is 2. The molecule has 1 unspecified atom stereocenters. The van der Waals surface area contributed by atoms with Gasteiger partial charge in [-0.2, -0.15) is 0 Å². The van der Waals surface area contributed by atoms with Crippen molar-refractivity contribution < 1.29 is 4.74 Å². The van der Waals surface area contributed by atoms with E-state index >= 15 is 0 Å². The number of methoxy groups -OCH3 is 1. The number of benzene rings is 2. The lowest BCUT2D eigenvalue weighted by atomic mass is 10.1. The molecular formula is C18H22N2OS. The number of hydrogen-bond acceptors (Lipinski definition) is 2. The van der Waals surface area contributed by atoms with Crippen LogP contribution in [0.5, 0.6) is 5.75 Å². The zero-order valence-corrected chi connectivity index (χ0v) is 14.3. The summed E-state index contributed by atoms with van der Waals surface area (Å²) in [6.07, 6.45) is 0. The van der Waals surface area contributed by atoms with E-state index in [-0.39, 0.29) is 6.04 Å². The number of thiocarbonyl (C=S) groups is 1. The number of anilines is 1. The monoisotopic (exact) mass is 314 g/mol. The normalized spacial score (nSPS) is 11.6. The summed E-state index contributed by atoms with van der Waals surface area (Å²) in [5.74, 6) is 0.854. The highest BCUT2D eigenvalue weighted by molar-refractivity contribution is 7.80. The molecule has 2 aromatic rings. The lowest BCUT2D eigenvalue weighted by Crippen LogP contribution is -2.31. The van der Waals surface area contributed by atoms with E-state index in [0.717, 1.165) is 17.0 Å². The summed E-state index contributed by atoms with van der Waals surface area (Å²) < 4.78 is 5.17. The van der Waals surface area contributed by atoms with Crippen LogP contribution in [0, 0.1) is 13.8 Å². The summed E-state index contributed by atoms with van der Waals surface area (Å²) in [7, 11) is 1.67. The van der Waals surface area contributed by atoms with E-state index < -0.39 is 0 Å². The fourth-order valence-electron chi connectivity index (χ4n) is 2.22. The summed E-state index contributed by atoms with van der Waals surface area (Å²) in [6.45, 7) is 6.27. The van der Waals surface area contributed by atoms with Gasteiger partial charge in [-0.3, -0.25) is 0 Å². The van der Waals surface area contributed by atoms with Crippen LogP contribution in [0.2, 0.25) is 0 Å². The van der Waals surface area contributed by atoms with Gasteiger partial charge in [-0.25, -0.2) is 0 Å². The Labute approximate surface area is 137 Å². The number of nitrogens with one attached hydrogen (secondary N) is 2. The molecule has 0 bridgehead atoms. The molecule has 2 aromatic carbocycles. The van der Waals surface area contributed by atoms with Crippen LogP contribution in [-0.2, 0) is 0 Å². The molecule has 116 valence electrons. The maximum absolute atomic E-state index is 5.42. The SMILES string of the molecule is COc1ccc(C(C)NC(=S)Nc2cccc(C)c2C)cc1. The van der Waals surface area contributed by atoms with E-state index in [1.54, 1.807) is 7.11 Å². The molecule has 0 fully saturated rings. The molecule has 0 aromatic heterocycles. The van der Waals surface area contributed by atoms with Gasteiger partial charge in [-0.15, -0.1) is 0 Å². The summed E-state index contributed by atoms with van der Waals surface area (Å²) in [4.78, 5) is 0. The van der Waals surface area contributed by atoms with Crippen LogP contribution in [0.1, 0.15) is 29.7 Å². The summed E-state index contributed by atoms with van der Waals surface area (Å²) in [5, 5.41) is 7.20. The van der Waals surface area contributed by atoms with Crippen molar-refractivity contribution in [1.29, 1.82) is 0 Å². The lowest BCUT2D eigenvalue weighted by Gasteiger charge is -2.19. The van der Waals surface area contributed by atoms with Gasteiger partial charge >= 0.3 is 0 Å². The average Bonchev–Trinajstić information content (AvgIpc) is 2.52. The Morgan fingerprint density at radius 2 is 1.77 bits per heavy atom. The van der Waals surface area contributed by atoms with Crippen LogP contribution in [0.3, 0.4) is 0 Å². The third kappa shape index (κ3) is 3.98. The molecule has 2 rings (SSSR count). The Balaban J connectivity index is 2.00. The van der Waals surface area contributed by atoms with Gasteiger partial charge in [0.1, 0.15) is 5.75 Å². The number of ether oxygens (including phenoxy) is 1. The Morgan fingerprint density at radius 3 is 2.41 bits per heavy atom. The molecule has 0 saturated heterocycles. The molecule has 4 heteroatoms. The van der Waals surface area contributed by atoms with Crippen molar-refractivity contribution in [3.05, 3.63) is 59.2 Å². The van der Waals surface area contributed by atoms with Crippen LogP contribution in [-0.4, -0.2) is 12.2 Å². The minimum Gasteiger partial charge on any atom is -0.497 e. The van der Waals surface area contributed by atoms with Crippen molar-refractivity contribution >= 4 is 23.0 Å². The summed E-state index contributed by atoms with van der Waals surface area (Å²) in [5.41, 5.74) is 4.66. The van der Waals surface area contributed by atoms with Crippen molar-refractivity contribution in [2.45, 2.75) is 26.8 Å². The van der Waals surface area contributed by atoms with Crippen molar-refractivity contribution in [1.82, 2.24) is 5.32 Å².